The van der Waals surface area contributed by atoms with Crippen LogP contribution in [0.4, 0.5) is 11.5 Å². The van der Waals surface area contributed by atoms with E-state index in [-0.39, 0.29) is 5.82 Å². The molecule has 2 aromatic rings. The third kappa shape index (κ3) is 2.82. The first-order valence-corrected chi connectivity index (χ1v) is 5.61. The van der Waals surface area contributed by atoms with Gasteiger partial charge in [0.15, 0.2) is 5.82 Å². The van der Waals surface area contributed by atoms with Gasteiger partial charge in [-0.15, -0.1) is 0 Å². The molecule has 1 aromatic carbocycles. The molecule has 4 N–H and O–H groups in total. The lowest BCUT2D eigenvalue weighted by molar-refractivity contribution is 0.339. The number of nitrogens with two attached hydrogens (primary N) is 2. The molecule has 5 heteroatoms. The number of nitrogens with zero attached hydrogens (tertiary/aromatic N) is 1. The van der Waals surface area contributed by atoms with Crippen LogP contribution >= 0.6 is 0 Å². The van der Waals surface area contributed by atoms with Gasteiger partial charge in [-0.3, -0.25) is 0 Å². The van der Waals surface area contributed by atoms with Crippen LogP contribution in [0.3, 0.4) is 0 Å². The number of anilines is 2. The monoisotopic (exact) mass is 245 g/mol. The first-order chi connectivity index (χ1) is 8.69. The van der Waals surface area contributed by atoms with E-state index in [1.54, 1.807) is 24.3 Å². The fourth-order valence-electron chi connectivity index (χ4n) is 1.42. The Morgan fingerprint density at radius 3 is 2.28 bits per heavy atom. The van der Waals surface area contributed by atoms with Crippen LogP contribution in [0.2, 0.25) is 0 Å². The summed E-state index contributed by atoms with van der Waals surface area (Å²) in [5.74, 6) is 2.13. The third-order valence-corrected chi connectivity index (χ3v) is 2.29. The second kappa shape index (κ2) is 5.27. The highest BCUT2D eigenvalue weighted by Crippen LogP contribution is 2.24. The van der Waals surface area contributed by atoms with Crippen molar-refractivity contribution in [3.63, 3.8) is 0 Å². The molecule has 0 aliphatic heterocycles. The number of ether oxygens (including phenoxy) is 2. The van der Waals surface area contributed by atoms with Crippen LogP contribution in [-0.2, 0) is 0 Å². The molecular weight excluding hydrogens is 230 g/mol. The zero-order valence-corrected chi connectivity index (χ0v) is 10.1. The molecule has 0 radical (unpaired) electrons. The van der Waals surface area contributed by atoms with Gasteiger partial charge >= 0.3 is 0 Å². The van der Waals surface area contributed by atoms with Crippen molar-refractivity contribution in [3.8, 4) is 17.4 Å². The molecule has 0 aliphatic rings. The van der Waals surface area contributed by atoms with E-state index in [4.69, 9.17) is 20.9 Å². The zero-order valence-electron chi connectivity index (χ0n) is 10.1. The summed E-state index contributed by atoms with van der Waals surface area (Å²) in [6.45, 7) is 2.57. The highest BCUT2D eigenvalue weighted by molar-refractivity contribution is 5.58. The average Bonchev–Trinajstić information content (AvgIpc) is 2.37. The molecule has 94 valence electrons. The Labute approximate surface area is 105 Å². The molecule has 0 bridgehead atoms. The zero-order chi connectivity index (χ0) is 13.0. The van der Waals surface area contributed by atoms with E-state index in [1.165, 1.54) is 0 Å². The van der Waals surface area contributed by atoms with Crippen LogP contribution in [0.1, 0.15) is 6.92 Å². The highest BCUT2D eigenvalue weighted by Gasteiger charge is 2.02. The average molecular weight is 245 g/mol. The molecule has 1 heterocycles. The quantitative estimate of drug-likeness (QED) is 0.864. The first-order valence-electron chi connectivity index (χ1n) is 5.61. The van der Waals surface area contributed by atoms with Gasteiger partial charge in [0.05, 0.1) is 12.3 Å². The SMILES string of the molecule is CCOc1ccc(Oc2ccc(N)c(N)n2)cc1. The largest absolute Gasteiger partial charge is 0.494 e. The molecule has 0 saturated carbocycles. The van der Waals surface area contributed by atoms with E-state index in [2.05, 4.69) is 4.98 Å². The van der Waals surface area contributed by atoms with Crippen LogP contribution in [0, 0.1) is 0 Å². The van der Waals surface area contributed by atoms with Gasteiger partial charge in [-0.05, 0) is 37.3 Å². The molecule has 0 fully saturated rings. The van der Waals surface area contributed by atoms with E-state index in [0.29, 0.717) is 23.9 Å². The number of rotatable bonds is 4. The van der Waals surface area contributed by atoms with Crippen molar-refractivity contribution < 1.29 is 9.47 Å². The summed E-state index contributed by atoms with van der Waals surface area (Å²) >= 11 is 0. The van der Waals surface area contributed by atoms with Gasteiger partial charge in [0.1, 0.15) is 11.5 Å². The lowest BCUT2D eigenvalue weighted by atomic mass is 10.3. The van der Waals surface area contributed by atoms with Crippen LogP contribution in [-0.4, -0.2) is 11.6 Å². The Hall–Kier alpha value is -2.43. The fraction of sp³-hybridized carbons (Fsp3) is 0.154. The molecule has 1 aromatic heterocycles. The number of hydrogen-bond donors (Lipinski definition) is 2. The summed E-state index contributed by atoms with van der Waals surface area (Å²) in [5, 5.41) is 0. The smallest absolute Gasteiger partial charge is 0.221 e. The van der Waals surface area contributed by atoms with E-state index in [9.17, 15) is 0 Å². The lowest BCUT2D eigenvalue weighted by Gasteiger charge is -2.07. The predicted molar refractivity (Wildman–Crippen MR) is 70.7 cm³/mol. The summed E-state index contributed by atoms with van der Waals surface area (Å²) in [6.07, 6.45) is 0. The maximum absolute atomic E-state index is 5.60. The van der Waals surface area contributed by atoms with Crippen molar-refractivity contribution in [1.82, 2.24) is 4.98 Å². The molecule has 5 nitrogen and oxygen atoms in total. The maximum atomic E-state index is 5.60. The Kier molecular flexibility index (Phi) is 3.52. The van der Waals surface area contributed by atoms with Crippen molar-refractivity contribution in [3.05, 3.63) is 36.4 Å². The van der Waals surface area contributed by atoms with Crippen molar-refractivity contribution in [2.75, 3.05) is 18.1 Å². The second-order valence-corrected chi connectivity index (χ2v) is 3.63. The Bertz CT molecular complexity index is 526. The highest BCUT2D eigenvalue weighted by atomic mass is 16.5. The summed E-state index contributed by atoms with van der Waals surface area (Å²) in [5.41, 5.74) is 11.6. The van der Waals surface area contributed by atoms with Crippen LogP contribution in [0.25, 0.3) is 0 Å². The molecule has 0 amide bonds. The van der Waals surface area contributed by atoms with Gasteiger partial charge in [0, 0.05) is 6.07 Å². The van der Waals surface area contributed by atoms with E-state index in [0.717, 1.165) is 5.75 Å². The number of pyridine rings is 1. The summed E-state index contributed by atoms with van der Waals surface area (Å²) in [4.78, 5) is 4.03. The Balaban J connectivity index is 2.10. The normalized spacial score (nSPS) is 10.1. The molecule has 18 heavy (non-hydrogen) atoms. The molecule has 0 atom stereocenters. The number of benzene rings is 1. The van der Waals surface area contributed by atoms with Crippen LogP contribution < -0.4 is 20.9 Å². The molecule has 0 spiro atoms. The van der Waals surface area contributed by atoms with Crippen LogP contribution in [0.15, 0.2) is 36.4 Å². The van der Waals surface area contributed by atoms with E-state index >= 15 is 0 Å². The minimum Gasteiger partial charge on any atom is -0.494 e. The van der Waals surface area contributed by atoms with Crippen molar-refractivity contribution in [2.45, 2.75) is 6.92 Å². The van der Waals surface area contributed by atoms with Crippen molar-refractivity contribution in [2.24, 2.45) is 0 Å². The van der Waals surface area contributed by atoms with E-state index < -0.39 is 0 Å². The van der Waals surface area contributed by atoms with Gasteiger partial charge in [-0.25, -0.2) is 0 Å². The minimum absolute atomic E-state index is 0.262. The molecule has 0 saturated heterocycles. The van der Waals surface area contributed by atoms with Crippen LogP contribution in [0.5, 0.6) is 17.4 Å². The Morgan fingerprint density at radius 1 is 1.00 bits per heavy atom. The summed E-state index contributed by atoms with van der Waals surface area (Å²) in [7, 11) is 0. The molecule has 2 rings (SSSR count). The van der Waals surface area contributed by atoms with Gasteiger partial charge in [0.25, 0.3) is 0 Å². The van der Waals surface area contributed by atoms with Gasteiger partial charge in [-0.2, -0.15) is 4.98 Å². The van der Waals surface area contributed by atoms with Crippen molar-refractivity contribution >= 4 is 11.5 Å². The third-order valence-electron chi connectivity index (χ3n) is 2.29. The maximum Gasteiger partial charge on any atom is 0.221 e. The summed E-state index contributed by atoms with van der Waals surface area (Å²) < 4.78 is 10.9. The fourth-order valence-corrected chi connectivity index (χ4v) is 1.42. The standard InChI is InChI=1S/C13H15N3O2/c1-2-17-9-3-5-10(6-4-9)18-12-8-7-11(14)13(15)16-12/h3-8H,2,14H2,1H3,(H2,15,16). The first kappa shape index (κ1) is 12.0. The second-order valence-electron chi connectivity index (χ2n) is 3.63. The van der Waals surface area contributed by atoms with Gasteiger partial charge in [0.2, 0.25) is 5.88 Å². The van der Waals surface area contributed by atoms with Crippen molar-refractivity contribution in [1.29, 1.82) is 0 Å². The number of hydrogen-bond acceptors (Lipinski definition) is 5. The molecule has 0 unspecified atom stereocenters. The molecule has 0 aliphatic carbocycles. The van der Waals surface area contributed by atoms with Gasteiger partial charge < -0.3 is 20.9 Å². The van der Waals surface area contributed by atoms with Gasteiger partial charge in [-0.1, -0.05) is 0 Å². The lowest BCUT2D eigenvalue weighted by Crippen LogP contribution is -1.99. The topological polar surface area (TPSA) is 83.4 Å². The Morgan fingerprint density at radius 2 is 1.67 bits per heavy atom. The predicted octanol–water partition coefficient (Wildman–Crippen LogP) is 2.44. The minimum atomic E-state index is 0.262. The number of aromatic nitrogens is 1. The van der Waals surface area contributed by atoms with E-state index in [1.807, 2.05) is 19.1 Å². The number of nitrogen functional groups attached to an aromatic ring is 2. The summed E-state index contributed by atoms with van der Waals surface area (Å²) in [6, 6.07) is 10.6. The molecular formula is C13H15N3O2.